The summed E-state index contributed by atoms with van der Waals surface area (Å²) in [4.78, 5) is 12.1. The van der Waals surface area contributed by atoms with Gasteiger partial charge in [0.2, 0.25) is 10.0 Å². The number of hydrogen-bond acceptors (Lipinski definition) is 4. The molecule has 1 unspecified atom stereocenters. The number of carbonyl (C=O) groups is 1. The number of nitrogens with zero attached hydrogens (tertiary/aromatic N) is 1. The number of benzene rings is 2. The number of methoxy groups -OCH3 is 1. The molecular formula is C16H17NO4S. The van der Waals surface area contributed by atoms with Gasteiger partial charge in [0.15, 0.2) is 0 Å². The molecule has 0 bridgehead atoms. The van der Waals surface area contributed by atoms with Crippen molar-refractivity contribution < 1.29 is 17.9 Å². The lowest BCUT2D eigenvalue weighted by Crippen LogP contribution is -2.41. The Morgan fingerprint density at radius 2 is 1.91 bits per heavy atom. The van der Waals surface area contributed by atoms with Crippen molar-refractivity contribution in [2.45, 2.75) is 23.8 Å². The predicted octanol–water partition coefficient (Wildman–Crippen LogP) is 2.17. The maximum atomic E-state index is 13.0. The van der Waals surface area contributed by atoms with Gasteiger partial charge in [0.1, 0.15) is 6.04 Å². The van der Waals surface area contributed by atoms with Crippen molar-refractivity contribution in [2.75, 3.05) is 13.7 Å². The van der Waals surface area contributed by atoms with Crippen LogP contribution in [0.5, 0.6) is 0 Å². The molecule has 1 aliphatic heterocycles. The molecule has 2 aromatic carbocycles. The van der Waals surface area contributed by atoms with E-state index in [0.29, 0.717) is 24.8 Å². The Morgan fingerprint density at radius 1 is 1.18 bits per heavy atom. The van der Waals surface area contributed by atoms with E-state index in [4.69, 9.17) is 4.74 Å². The van der Waals surface area contributed by atoms with Crippen LogP contribution in [-0.2, 0) is 19.6 Å². The average Bonchev–Trinajstić information content (AvgIpc) is 3.04. The highest BCUT2D eigenvalue weighted by atomic mass is 32.2. The summed E-state index contributed by atoms with van der Waals surface area (Å²) in [6.07, 6.45) is 1.15. The molecule has 6 heteroatoms. The summed E-state index contributed by atoms with van der Waals surface area (Å²) in [7, 11) is -2.46. The van der Waals surface area contributed by atoms with Gasteiger partial charge in [0, 0.05) is 11.9 Å². The van der Waals surface area contributed by atoms with Crippen LogP contribution >= 0.6 is 0 Å². The quantitative estimate of drug-likeness (QED) is 0.813. The Labute approximate surface area is 129 Å². The fourth-order valence-electron chi connectivity index (χ4n) is 2.95. The Kier molecular flexibility index (Phi) is 3.88. The highest BCUT2D eigenvalue weighted by molar-refractivity contribution is 7.89. The predicted molar refractivity (Wildman–Crippen MR) is 82.9 cm³/mol. The van der Waals surface area contributed by atoms with Gasteiger partial charge in [0.05, 0.1) is 12.0 Å². The lowest BCUT2D eigenvalue weighted by molar-refractivity contribution is -0.144. The van der Waals surface area contributed by atoms with Crippen LogP contribution in [0.15, 0.2) is 47.4 Å². The standard InChI is InChI=1S/C16H17NO4S/c1-21-16(18)14-9-5-11-17(14)22(19,20)15-10-4-7-12-6-2-3-8-13(12)15/h2-4,6-8,10,14H,5,9,11H2,1H3. The third-order valence-corrected chi connectivity index (χ3v) is 5.98. The van der Waals surface area contributed by atoms with Crippen molar-refractivity contribution in [2.24, 2.45) is 0 Å². The molecule has 5 nitrogen and oxygen atoms in total. The first-order valence-corrected chi connectivity index (χ1v) is 8.57. The highest BCUT2D eigenvalue weighted by Gasteiger charge is 2.40. The van der Waals surface area contributed by atoms with E-state index in [1.807, 2.05) is 24.3 Å². The number of hydrogen-bond donors (Lipinski definition) is 0. The van der Waals surface area contributed by atoms with Crippen LogP contribution < -0.4 is 0 Å². The fraction of sp³-hybridized carbons (Fsp3) is 0.312. The van der Waals surface area contributed by atoms with E-state index < -0.39 is 22.0 Å². The van der Waals surface area contributed by atoms with E-state index >= 15 is 0 Å². The first-order chi connectivity index (χ1) is 10.6. The van der Waals surface area contributed by atoms with E-state index in [0.717, 1.165) is 5.39 Å². The largest absolute Gasteiger partial charge is 0.468 e. The number of sulfonamides is 1. The van der Waals surface area contributed by atoms with Crippen molar-refractivity contribution in [3.05, 3.63) is 42.5 Å². The molecule has 0 N–H and O–H groups in total. The van der Waals surface area contributed by atoms with E-state index in [2.05, 4.69) is 0 Å². The van der Waals surface area contributed by atoms with Gasteiger partial charge >= 0.3 is 5.97 Å². The number of carbonyl (C=O) groups excluding carboxylic acids is 1. The molecular weight excluding hydrogens is 302 g/mol. The summed E-state index contributed by atoms with van der Waals surface area (Å²) in [5.41, 5.74) is 0. The fourth-order valence-corrected chi connectivity index (χ4v) is 4.81. The highest BCUT2D eigenvalue weighted by Crippen LogP contribution is 2.30. The monoisotopic (exact) mass is 319 g/mol. The van der Waals surface area contributed by atoms with Crippen LogP contribution in [0.4, 0.5) is 0 Å². The molecule has 0 radical (unpaired) electrons. The topological polar surface area (TPSA) is 63.7 Å². The smallest absolute Gasteiger partial charge is 0.324 e. The van der Waals surface area contributed by atoms with Crippen molar-refractivity contribution in [3.8, 4) is 0 Å². The molecule has 3 rings (SSSR count). The number of rotatable bonds is 3. The third-order valence-electron chi connectivity index (χ3n) is 4.01. The van der Waals surface area contributed by atoms with Gasteiger partial charge in [-0.15, -0.1) is 0 Å². The SMILES string of the molecule is COC(=O)C1CCCN1S(=O)(=O)c1cccc2ccccc12. The maximum Gasteiger partial charge on any atom is 0.324 e. The average molecular weight is 319 g/mol. The molecule has 0 saturated carbocycles. The van der Waals surface area contributed by atoms with Crippen LogP contribution in [0.2, 0.25) is 0 Å². The summed E-state index contributed by atoms with van der Waals surface area (Å²) < 4.78 is 32.0. The lowest BCUT2D eigenvalue weighted by Gasteiger charge is -2.22. The molecule has 1 saturated heterocycles. The van der Waals surface area contributed by atoms with Gasteiger partial charge in [0.25, 0.3) is 0 Å². The summed E-state index contributed by atoms with van der Waals surface area (Å²) in [6, 6.07) is 11.8. The number of esters is 1. The molecule has 1 atom stereocenters. The molecule has 2 aromatic rings. The van der Waals surface area contributed by atoms with E-state index in [1.165, 1.54) is 11.4 Å². The molecule has 1 heterocycles. The zero-order valence-corrected chi connectivity index (χ0v) is 13.0. The van der Waals surface area contributed by atoms with Crippen molar-refractivity contribution in [3.63, 3.8) is 0 Å². The van der Waals surface area contributed by atoms with Gasteiger partial charge in [-0.3, -0.25) is 4.79 Å². The summed E-state index contributed by atoms with van der Waals surface area (Å²) in [6.45, 7) is 0.339. The van der Waals surface area contributed by atoms with Crippen LogP contribution in [0.3, 0.4) is 0 Å². The molecule has 116 valence electrons. The minimum Gasteiger partial charge on any atom is -0.468 e. The summed E-state index contributed by atoms with van der Waals surface area (Å²) >= 11 is 0. The minimum absolute atomic E-state index is 0.237. The molecule has 0 amide bonds. The number of ether oxygens (including phenoxy) is 1. The van der Waals surface area contributed by atoms with Crippen LogP contribution in [-0.4, -0.2) is 38.4 Å². The first-order valence-electron chi connectivity index (χ1n) is 7.13. The number of fused-ring (bicyclic) bond motifs is 1. The molecule has 1 aliphatic rings. The van der Waals surface area contributed by atoms with Gasteiger partial charge in [-0.2, -0.15) is 4.31 Å². The van der Waals surface area contributed by atoms with E-state index in [-0.39, 0.29) is 4.90 Å². The van der Waals surface area contributed by atoms with Crippen molar-refractivity contribution in [1.29, 1.82) is 0 Å². The molecule has 0 aliphatic carbocycles. The van der Waals surface area contributed by atoms with E-state index in [9.17, 15) is 13.2 Å². The maximum absolute atomic E-state index is 13.0. The minimum atomic E-state index is -3.74. The Morgan fingerprint density at radius 3 is 2.68 bits per heavy atom. The second-order valence-electron chi connectivity index (χ2n) is 5.27. The van der Waals surface area contributed by atoms with E-state index in [1.54, 1.807) is 18.2 Å². The van der Waals surface area contributed by atoms with Gasteiger partial charge in [-0.25, -0.2) is 8.42 Å². The molecule has 1 fully saturated rings. The Bertz CT molecular complexity index is 811. The second-order valence-corrected chi connectivity index (χ2v) is 7.13. The Hall–Kier alpha value is -1.92. The normalized spacial score (nSPS) is 19.4. The summed E-state index contributed by atoms with van der Waals surface area (Å²) in [5.74, 6) is -0.499. The zero-order chi connectivity index (χ0) is 15.7. The van der Waals surface area contributed by atoms with Gasteiger partial charge < -0.3 is 4.74 Å². The van der Waals surface area contributed by atoms with Gasteiger partial charge in [-0.05, 0) is 24.3 Å². The lowest BCUT2D eigenvalue weighted by atomic mass is 10.1. The summed E-state index contributed by atoms with van der Waals surface area (Å²) in [5, 5.41) is 1.53. The molecule has 0 aromatic heterocycles. The van der Waals surface area contributed by atoms with Gasteiger partial charge in [-0.1, -0.05) is 36.4 Å². The zero-order valence-electron chi connectivity index (χ0n) is 12.2. The molecule has 0 spiro atoms. The van der Waals surface area contributed by atoms with Crippen LogP contribution in [0.25, 0.3) is 10.8 Å². The second kappa shape index (κ2) is 5.70. The van der Waals surface area contributed by atoms with Crippen LogP contribution in [0, 0.1) is 0 Å². The Balaban J connectivity index is 2.11. The third kappa shape index (κ3) is 2.38. The first kappa shape index (κ1) is 15.0. The van der Waals surface area contributed by atoms with Crippen molar-refractivity contribution in [1.82, 2.24) is 4.31 Å². The van der Waals surface area contributed by atoms with Crippen LogP contribution in [0.1, 0.15) is 12.8 Å². The van der Waals surface area contributed by atoms with Crippen molar-refractivity contribution >= 4 is 26.8 Å². The molecule has 22 heavy (non-hydrogen) atoms.